The molecule has 126 valence electrons. The van der Waals surface area contributed by atoms with E-state index in [1.807, 2.05) is 20.8 Å². The minimum atomic E-state index is -0.781. The molecule has 2 N–H and O–H groups in total. The fourth-order valence-corrected chi connectivity index (χ4v) is 2.94. The zero-order valence-electron chi connectivity index (χ0n) is 15.1. The van der Waals surface area contributed by atoms with Gasteiger partial charge >= 0.3 is 5.97 Å². The van der Waals surface area contributed by atoms with Crippen LogP contribution < -0.4 is 5.32 Å². The first-order valence-electron chi connectivity index (χ1n) is 8.36. The van der Waals surface area contributed by atoms with E-state index in [-0.39, 0.29) is 6.04 Å². The lowest BCUT2D eigenvalue weighted by atomic mass is 9.89. The molecule has 4 heteroatoms. The predicted octanol–water partition coefficient (Wildman–Crippen LogP) is 3.36. The first-order valence-corrected chi connectivity index (χ1v) is 8.36. The van der Waals surface area contributed by atoms with E-state index in [0.29, 0.717) is 24.8 Å². The third-order valence-corrected chi connectivity index (χ3v) is 4.26. The summed E-state index contributed by atoms with van der Waals surface area (Å²) in [6.07, 6.45) is 3.37. The van der Waals surface area contributed by atoms with Crippen molar-refractivity contribution >= 4 is 5.97 Å². The number of nitrogens with one attached hydrogen (secondary N) is 1. The summed E-state index contributed by atoms with van der Waals surface area (Å²) in [7, 11) is 2.14. The summed E-state index contributed by atoms with van der Waals surface area (Å²) in [5, 5.41) is 12.8. The van der Waals surface area contributed by atoms with Gasteiger partial charge in [0.05, 0.1) is 0 Å². The van der Waals surface area contributed by atoms with Gasteiger partial charge in [-0.1, -0.05) is 20.8 Å². The van der Waals surface area contributed by atoms with Crippen LogP contribution in [0.5, 0.6) is 0 Å². The molecule has 0 radical (unpaired) electrons. The molecule has 0 aromatic heterocycles. The van der Waals surface area contributed by atoms with Crippen LogP contribution in [0.1, 0.15) is 67.2 Å². The van der Waals surface area contributed by atoms with E-state index in [0.717, 1.165) is 13.0 Å². The molecule has 0 spiro atoms. The first kappa shape index (κ1) is 20.4. The minimum Gasteiger partial charge on any atom is -0.480 e. The summed E-state index contributed by atoms with van der Waals surface area (Å²) in [5.74, 6) is -0.0320. The Morgan fingerprint density at radius 2 is 1.81 bits per heavy atom. The van der Waals surface area contributed by atoms with Crippen LogP contribution in [0.15, 0.2) is 0 Å². The fraction of sp³-hybridized carbons (Fsp3) is 0.941. The monoisotopic (exact) mass is 300 g/mol. The van der Waals surface area contributed by atoms with Gasteiger partial charge in [0, 0.05) is 12.1 Å². The van der Waals surface area contributed by atoms with Crippen LogP contribution in [-0.2, 0) is 4.79 Å². The second kappa shape index (κ2) is 9.42. The van der Waals surface area contributed by atoms with Crippen molar-refractivity contribution in [3.8, 4) is 0 Å². The molecule has 2 atom stereocenters. The Hall–Kier alpha value is -0.610. The van der Waals surface area contributed by atoms with Crippen LogP contribution in [0.3, 0.4) is 0 Å². The van der Waals surface area contributed by atoms with Crippen molar-refractivity contribution in [3.05, 3.63) is 0 Å². The van der Waals surface area contributed by atoms with Crippen molar-refractivity contribution in [3.63, 3.8) is 0 Å². The van der Waals surface area contributed by atoms with E-state index < -0.39 is 11.5 Å². The molecule has 0 saturated heterocycles. The topological polar surface area (TPSA) is 52.6 Å². The molecule has 2 unspecified atom stereocenters. The number of aliphatic carboxylic acids is 1. The van der Waals surface area contributed by atoms with Crippen LogP contribution in [-0.4, -0.2) is 47.2 Å². The van der Waals surface area contributed by atoms with Gasteiger partial charge in [0.1, 0.15) is 5.54 Å². The number of carboxylic acids is 1. The van der Waals surface area contributed by atoms with E-state index in [1.165, 1.54) is 6.42 Å². The Balaban J connectivity index is 4.46. The molecule has 0 saturated carbocycles. The molecule has 0 rings (SSSR count). The summed E-state index contributed by atoms with van der Waals surface area (Å²) >= 11 is 0. The second-order valence-corrected chi connectivity index (χ2v) is 7.10. The highest BCUT2D eigenvalue weighted by Crippen LogP contribution is 2.20. The van der Waals surface area contributed by atoms with Gasteiger partial charge < -0.3 is 10.0 Å². The van der Waals surface area contributed by atoms with Gasteiger partial charge in [-0.15, -0.1) is 0 Å². The Bertz CT molecular complexity index is 305. The molecular formula is C17H36N2O2. The smallest absolute Gasteiger partial charge is 0.323 e. The quantitative estimate of drug-likeness (QED) is 0.614. The van der Waals surface area contributed by atoms with Crippen molar-refractivity contribution in [2.45, 2.75) is 84.8 Å². The molecular weight excluding hydrogens is 264 g/mol. The fourth-order valence-electron chi connectivity index (χ4n) is 2.94. The minimum absolute atomic E-state index is 0.179. The van der Waals surface area contributed by atoms with E-state index >= 15 is 0 Å². The molecule has 0 bridgehead atoms. The zero-order chi connectivity index (χ0) is 16.6. The predicted molar refractivity (Wildman–Crippen MR) is 89.7 cm³/mol. The SMILES string of the molecule is CCC(CCCN(C)C(C)CC(C)C)(NC(C)C)C(=O)O. The van der Waals surface area contributed by atoms with Gasteiger partial charge in [0.15, 0.2) is 0 Å². The maximum Gasteiger partial charge on any atom is 0.323 e. The average molecular weight is 300 g/mol. The number of hydrogen-bond donors (Lipinski definition) is 2. The molecule has 0 heterocycles. The van der Waals surface area contributed by atoms with Crippen molar-refractivity contribution in [2.75, 3.05) is 13.6 Å². The molecule has 0 aliphatic heterocycles. The summed E-state index contributed by atoms with van der Waals surface area (Å²) < 4.78 is 0. The lowest BCUT2D eigenvalue weighted by Gasteiger charge is -2.33. The summed E-state index contributed by atoms with van der Waals surface area (Å²) in [5.41, 5.74) is -0.781. The summed E-state index contributed by atoms with van der Waals surface area (Å²) in [6.45, 7) is 13.6. The second-order valence-electron chi connectivity index (χ2n) is 7.10. The highest BCUT2D eigenvalue weighted by atomic mass is 16.4. The van der Waals surface area contributed by atoms with Crippen LogP contribution >= 0.6 is 0 Å². The van der Waals surface area contributed by atoms with Gasteiger partial charge in [-0.3, -0.25) is 10.1 Å². The Morgan fingerprint density at radius 3 is 2.19 bits per heavy atom. The van der Waals surface area contributed by atoms with Gasteiger partial charge in [-0.25, -0.2) is 0 Å². The van der Waals surface area contributed by atoms with Crippen molar-refractivity contribution in [2.24, 2.45) is 5.92 Å². The number of rotatable bonds is 11. The maximum absolute atomic E-state index is 11.7. The first-order chi connectivity index (χ1) is 9.64. The van der Waals surface area contributed by atoms with Crippen molar-refractivity contribution in [1.29, 1.82) is 0 Å². The third-order valence-electron chi connectivity index (χ3n) is 4.26. The molecule has 0 aromatic rings. The van der Waals surface area contributed by atoms with Crippen molar-refractivity contribution < 1.29 is 9.90 Å². The molecule has 0 aliphatic rings. The largest absolute Gasteiger partial charge is 0.480 e. The van der Waals surface area contributed by atoms with Gasteiger partial charge in [-0.05, 0) is 66.0 Å². The van der Waals surface area contributed by atoms with E-state index in [4.69, 9.17) is 0 Å². The lowest BCUT2D eigenvalue weighted by Crippen LogP contribution is -2.54. The molecule has 0 fully saturated rings. The maximum atomic E-state index is 11.7. The highest BCUT2D eigenvalue weighted by Gasteiger charge is 2.36. The Kier molecular flexibility index (Phi) is 9.14. The molecule has 0 aliphatic carbocycles. The highest BCUT2D eigenvalue weighted by molar-refractivity contribution is 5.78. The Morgan fingerprint density at radius 1 is 1.24 bits per heavy atom. The van der Waals surface area contributed by atoms with Crippen LogP contribution in [0.4, 0.5) is 0 Å². The molecule has 0 aromatic carbocycles. The van der Waals surface area contributed by atoms with Crippen LogP contribution in [0, 0.1) is 5.92 Å². The van der Waals surface area contributed by atoms with Crippen molar-refractivity contribution in [1.82, 2.24) is 10.2 Å². The van der Waals surface area contributed by atoms with E-state index in [1.54, 1.807) is 0 Å². The third kappa shape index (κ3) is 7.28. The molecule has 0 amide bonds. The van der Waals surface area contributed by atoms with E-state index in [9.17, 15) is 9.90 Å². The average Bonchev–Trinajstić information content (AvgIpc) is 2.35. The zero-order valence-corrected chi connectivity index (χ0v) is 15.1. The number of carboxylic acid groups (broad SMARTS) is 1. The van der Waals surface area contributed by atoms with Gasteiger partial charge in [0.2, 0.25) is 0 Å². The van der Waals surface area contributed by atoms with E-state index in [2.05, 4.69) is 38.0 Å². The number of nitrogens with zero attached hydrogens (tertiary/aromatic N) is 1. The number of hydrogen-bond acceptors (Lipinski definition) is 3. The number of carbonyl (C=O) groups is 1. The lowest BCUT2D eigenvalue weighted by molar-refractivity contribution is -0.145. The normalized spacial score (nSPS) is 16.5. The Labute approximate surface area is 131 Å². The van der Waals surface area contributed by atoms with Gasteiger partial charge in [0.25, 0.3) is 0 Å². The van der Waals surface area contributed by atoms with Crippen LogP contribution in [0.2, 0.25) is 0 Å². The summed E-state index contributed by atoms with van der Waals surface area (Å²) in [4.78, 5) is 14.0. The molecule has 4 nitrogen and oxygen atoms in total. The summed E-state index contributed by atoms with van der Waals surface area (Å²) in [6, 6.07) is 0.725. The standard InChI is InChI=1S/C17H36N2O2/c1-8-17(16(20)21,18-14(4)5)10-9-11-19(7)15(6)12-13(2)3/h13-15,18H,8-12H2,1-7H3,(H,20,21). The van der Waals surface area contributed by atoms with Gasteiger partial charge in [-0.2, -0.15) is 0 Å². The van der Waals surface area contributed by atoms with Crippen LogP contribution in [0.25, 0.3) is 0 Å². The molecule has 21 heavy (non-hydrogen) atoms.